The molecule has 0 spiro atoms. The summed E-state index contributed by atoms with van der Waals surface area (Å²) in [6, 6.07) is 24.4. The van der Waals surface area contributed by atoms with E-state index in [1.807, 2.05) is 66.7 Å². The number of fused-ring (bicyclic) bond motifs is 1. The first kappa shape index (κ1) is 34.6. The van der Waals surface area contributed by atoms with Crippen molar-refractivity contribution in [3.63, 3.8) is 0 Å². The zero-order chi connectivity index (χ0) is 33.4. The molecule has 9 heteroatoms. The van der Waals surface area contributed by atoms with Crippen LogP contribution >= 0.6 is 0 Å². The molecule has 1 saturated heterocycles. The van der Waals surface area contributed by atoms with Crippen molar-refractivity contribution in [1.82, 2.24) is 15.5 Å². The number of carbonyl (C=O) groups is 2. The Morgan fingerprint density at radius 3 is 2.26 bits per heavy atom. The number of ether oxygens (including phenoxy) is 2. The summed E-state index contributed by atoms with van der Waals surface area (Å²) in [4.78, 5) is 29.3. The van der Waals surface area contributed by atoms with Crippen LogP contribution in [0.3, 0.4) is 0 Å². The van der Waals surface area contributed by atoms with E-state index in [1.165, 1.54) is 5.56 Å². The molecule has 47 heavy (non-hydrogen) atoms. The van der Waals surface area contributed by atoms with Crippen LogP contribution in [0.5, 0.6) is 0 Å². The van der Waals surface area contributed by atoms with E-state index in [-0.39, 0.29) is 12.3 Å². The third kappa shape index (κ3) is 10.1. The maximum atomic E-state index is 14.1. The number of rotatable bonds is 12. The van der Waals surface area contributed by atoms with Gasteiger partial charge in [-0.15, -0.1) is 0 Å². The van der Waals surface area contributed by atoms with E-state index in [4.69, 9.17) is 9.47 Å². The maximum absolute atomic E-state index is 14.1. The summed E-state index contributed by atoms with van der Waals surface area (Å²) in [6.07, 6.45) is -1.10. The van der Waals surface area contributed by atoms with Crippen molar-refractivity contribution >= 4 is 12.0 Å². The highest BCUT2D eigenvalue weighted by Gasteiger charge is 2.35. The predicted octanol–water partition coefficient (Wildman–Crippen LogP) is 4.34. The largest absolute Gasteiger partial charge is 0.444 e. The second kappa shape index (κ2) is 15.9. The summed E-state index contributed by atoms with van der Waals surface area (Å²) in [5, 5.41) is 28.6. The number of aliphatic hydroxyl groups excluding tert-OH is 2. The monoisotopic (exact) mass is 643 g/mol. The Balaban J connectivity index is 1.35. The van der Waals surface area contributed by atoms with Crippen LogP contribution in [-0.4, -0.2) is 77.3 Å². The van der Waals surface area contributed by atoms with Crippen molar-refractivity contribution in [1.29, 1.82) is 0 Å². The number of alkyl carbamates (subject to hydrolysis) is 1. The molecule has 3 aromatic rings. The third-order valence-electron chi connectivity index (χ3n) is 8.88. The van der Waals surface area contributed by atoms with Crippen molar-refractivity contribution in [2.75, 3.05) is 26.3 Å². The molecule has 2 amide bonds. The lowest BCUT2D eigenvalue weighted by atomic mass is 9.88. The topological polar surface area (TPSA) is 120 Å². The van der Waals surface area contributed by atoms with Gasteiger partial charge in [-0.2, -0.15) is 0 Å². The van der Waals surface area contributed by atoms with Gasteiger partial charge in [-0.05, 0) is 67.9 Å². The summed E-state index contributed by atoms with van der Waals surface area (Å²) in [7, 11) is 0. The summed E-state index contributed by atoms with van der Waals surface area (Å²) in [6.45, 7) is 9.49. The Labute approximate surface area is 278 Å². The highest BCUT2D eigenvalue weighted by Crippen LogP contribution is 2.32. The molecular weight excluding hydrogens is 594 g/mol. The molecule has 5 atom stereocenters. The molecule has 0 saturated carbocycles. The predicted molar refractivity (Wildman–Crippen MR) is 181 cm³/mol. The minimum atomic E-state index is -1.06. The second-order valence-corrected chi connectivity index (χ2v) is 13.8. The molecule has 1 aliphatic heterocycles. The lowest BCUT2D eigenvalue weighted by molar-refractivity contribution is -0.127. The van der Waals surface area contributed by atoms with E-state index in [1.54, 1.807) is 20.8 Å². The number of hydrogen-bond acceptors (Lipinski definition) is 7. The molecule has 5 rings (SSSR count). The van der Waals surface area contributed by atoms with Gasteiger partial charge in [0.1, 0.15) is 5.60 Å². The van der Waals surface area contributed by atoms with Crippen LogP contribution in [0.4, 0.5) is 4.79 Å². The number of carbonyl (C=O) groups excluding carboxylic acids is 2. The highest BCUT2D eigenvalue weighted by atomic mass is 16.6. The highest BCUT2D eigenvalue weighted by molar-refractivity contribution is 5.80. The van der Waals surface area contributed by atoms with Crippen molar-refractivity contribution in [2.45, 2.75) is 82.9 Å². The molecule has 0 bridgehead atoms. The Kier molecular flexibility index (Phi) is 11.7. The van der Waals surface area contributed by atoms with Gasteiger partial charge in [-0.1, -0.05) is 78.9 Å². The average Bonchev–Trinajstić information content (AvgIpc) is 3.35. The Morgan fingerprint density at radius 1 is 0.915 bits per heavy atom. The van der Waals surface area contributed by atoms with Crippen LogP contribution in [0, 0.1) is 5.92 Å². The van der Waals surface area contributed by atoms with Gasteiger partial charge >= 0.3 is 6.09 Å². The van der Waals surface area contributed by atoms with Crippen LogP contribution in [0.15, 0.2) is 78.9 Å². The van der Waals surface area contributed by atoms with Gasteiger partial charge in [-0.25, -0.2) is 4.79 Å². The number of hydrogen-bond donors (Lipinski definition) is 4. The van der Waals surface area contributed by atoms with Crippen LogP contribution in [0.1, 0.15) is 61.1 Å². The first-order valence-electron chi connectivity index (χ1n) is 16.7. The minimum Gasteiger partial charge on any atom is -0.444 e. The van der Waals surface area contributed by atoms with Crippen LogP contribution in [0.25, 0.3) is 0 Å². The standard InChI is InChI=1S/C38H49N3O6/c1-38(2,3)47-37(45)39-32(22-26-9-5-4-6-10-26)33(42)24-30(36(44)40-35-31-12-8-7-11-29(31)23-34(35)43)21-27-13-15-28(16-14-27)25-41-17-19-46-20-18-41/h4-16,30,32-35,42-43H,17-25H2,1-3H3,(H,39,45)(H,40,44)/t30-,32+,33+,34-,35+/m1/s1. The van der Waals surface area contributed by atoms with Gasteiger partial charge in [0.25, 0.3) is 0 Å². The number of amides is 2. The zero-order valence-electron chi connectivity index (χ0n) is 27.7. The smallest absolute Gasteiger partial charge is 0.407 e. The number of nitrogens with one attached hydrogen (secondary N) is 2. The molecule has 0 aromatic heterocycles. The van der Waals surface area contributed by atoms with Crippen LogP contribution in [0.2, 0.25) is 0 Å². The molecule has 1 heterocycles. The van der Waals surface area contributed by atoms with Gasteiger partial charge in [0.15, 0.2) is 0 Å². The van der Waals surface area contributed by atoms with E-state index >= 15 is 0 Å². The van der Waals surface area contributed by atoms with E-state index in [2.05, 4.69) is 27.7 Å². The molecule has 0 unspecified atom stereocenters. The summed E-state index contributed by atoms with van der Waals surface area (Å²) in [5.74, 6) is -0.883. The summed E-state index contributed by atoms with van der Waals surface area (Å²) >= 11 is 0. The second-order valence-electron chi connectivity index (χ2n) is 13.8. The fourth-order valence-corrected chi connectivity index (χ4v) is 6.45. The third-order valence-corrected chi connectivity index (χ3v) is 8.88. The molecule has 9 nitrogen and oxygen atoms in total. The van der Waals surface area contributed by atoms with Crippen LogP contribution in [-0.2, 0) is 40.1 Å². The quantitative estimate of drug-likeness (QED) is 0.232. The Bertz CT molecular complexity index is 1450. The first-order chi connectivity index (χ1) is 22.5. The molecule has 4 N–H and O–H groups in total. The molecule has 252 valence electrons. The minimum absolute atomic E-state index is 0.0964. The summed E-state index contributed by atoms with van der Waals surface area (Å²) in [5.41, 5.74) is 4.31. The fourth-order valence-electron chi connectivity index (χ4n) is 6.45. The van der Waals surface area contributed by atoms with Crippen molar-refractivity contribution in [3.8, 4) is 0 Å². The van der Waals surface area contributed by atoms with Gasteiger partial charge in [0, 0.05) is 32.0 Å². The number of aliphatic hydroxyl groups is 2. The normalized spacial score (nSPS) is 20.1. The van der Waals surface area contributed by atoms with Crippen molar-refractivity contribution in [2.24, 2.45) is 5.92 Å². The molecule has 0 radical (unpaired) electrons. The molecular formula is C38H49N3O6. The lowest BCUT2D eigenvalue weighted by Gasteiger charge is -2.30. The van der Waals surface area contributed by atoms with Gasteiger partial charge in [-0.3, -0.25) is 9.69 Å². The summed E-state index contributed by atoms with van der Waals surface area (Å²) < 4.78 is 11.0. The fraction of sp³-hybridized carbons (Fsp3) is 0.474. The molecule has 1 aliphatic carbocycles. The SMILES string of the molecule is CC(C)(C)OC(=O)N[C@@H](Cc1ccccc1)[C@@H](O)C[C@@H](Cc1ccc(CN2CCOCC2)cc1)C(=O)N[C@H]1c2ccccc2C[C@H]1O. The van der Waals surface area contributed by atoms with E-state index in [9.17, 15) is 19.8 Å². The van der Waals surface area contributed by atoms with E-state index < -0.39 is 41.9 Å². The van der Waals surface area contributed by atoms with E-state index in [0.717, 1.165) is 55.1 Å². The number of morpholine rings is 1. The number of nitrogens with zero attached hydrogens (tertiary/aromatic N) is 1. The van der Waals surface area contributed by atoms with Gasteiger partial charge in [0.2, 0.25) is 5.91 Å². The van der Waals surface area contributed by atoms with Crippen LogP contribution < -0.4 is 10.6 Å². The van der Waals surface area contributed by atoms with Gasteiger partial charge < -0.3 is 30.3 Å². The molecule has 1 fully saturated rings. The Hall–Kier alpha value is -3.76. The Morgan fingerprint density at radius 2 is 1.55 bits per heavy atom. The van der Waals surface area contributed by atoms with Crippen molar-refractivity contribution in [3.05, 3.63) is 107 Å². The first-order valence-corrected chi connectivity index (χ1v) is 16.7. The van der Waals surface area contributed by atoms with Crippen molar-refractivity contribution < 1.29 is 29.3 Å². The van der Waals surface area contributed by atoms with Gasteiger partial charge in [0.05, 0.1) is 37.5 Å². The lowest BCUT2D eigenvalue weighted by Crippen LogP contribution is -2.48. The van der Waals surface area contributed by atoms with E-state index in [0.29, 0.717) is 19.3 Å². The zero-order valence-corrected chi connectivity index (χ0v) is 27.7. The maximum Gasteiger partial charge on any atom is 0.407 e. The average molecular weight is 644 g/mol. The number of benzene rings is 3. The molecule has 2 aliphatic rings. The molecule has 3 aromatic carbocycles.